The van der Waals surface area contributed by atoms with Crippen molar-refractivity contribution in [3.8, 4) is 11.8 Å². The van der Waals surface area contributed by atoms with Gasteiger partial charge in [0.05, 0.1) is 19.8 Å². The topological polar surface area (TPSA) is 49.8 Å². The molecule has 2 aromatic carbocycles. The van der Waals surface area contributed by atoms with Crippen LogP contribution in [-0.4, -0.2) is 42.2 Å². The van der Waals surface area contributed by atoms with Crippen LogP contribution >= 0.6 is 0 Å². The normalized spacial score (nSPS) is 11.7. The summed E-state index contributed by atoms with van der Waals surface area (Å²) >= 11 is 0. The Labute approximate surface area is 161 Å². The Morgan fingerprint density at radius 3 is 2.44 bits per heavy atom. The molecule has 0 radical (unpaired) electrons. The maximum atomic E-state index is 10.6. The summed E-state index contributed by atoms with van der Waals surface area (Å²) < 4.78 is 5.96. The van der Waals surface area contributed by atoms with Crippen molar-refractivity contribution in [3.63, 3.8) is 0 Å². The lowest BCUT2D eigenvalue weighted by atomic mass is 10.0. The van der Waals surface area contributed by atoms with Crippen molar-refractivity contribution < 1.29 is 14.6 Å². The van der Waals surface area contributed by atoms with Gasteiger partial charge in [0.2, 0.25) is 0 Å². The van der Waals surface area contributed by atoms with Crippen molar-refractivity contribution in [1.29, 1.82) is 0 Å². The second-order valence-electron chi connectivity index (χ2n) is 6.68. The fourth-order valence-electron chi connectivity index (χ4n) is 2.67. The third kappa shape index (κ3) is 8.08. The number of hydrogen-bond donors (Lipinski definition) is 1. The van der Waals surface area contributed by atoms with Crippen molar-refractivity contribution in [2.24, 2.45) is 0 Å². The summed E-state index contributed by atoms with van der Waals surface area (Å²) in [6, 6.07) is 18.8. The van der Waals surface area contributed by atoms with Gasteiger partial charge in [0, 0.05) is 6.04 Å². The highest BCUT2D eigenvalue weighted by Crippen LogP contribution is 2.11. The molecule has 0 aliphatic carbocycles. The molecule has 0 saturated heterocycles. The van der Waals surface area contributed by atoms with Gasteiger partial charge < -0.3 is 9.84 Å². The molecule has 0 fully saturated rings. The Hall–Kier alpha value is -2.61. The summed E-state index contributed by atoms with van der Waals surface area (Å²) in [5.41, 5.74) is 3.64. The smallest absolute Gasteiger partial charge is 0.315 e. The van der Waals surface area contributed by atoms with Crippen LogP contribution in [0.2, 0.25) is 0 Å². The number of rotatable bonds is 9. The molecule has 0 aromatic heterocycles. The van der Waals surface area contributed by atoms with Crippen molar-refractivity contribution >= 4 is 5.97 Å². The highest BCUT2D eigenvalue weighted by Gasteiger charge is 2.15. The second kappa shape index (κ2) is 11.2. The van der Waals surface area contributed by atoms with E-state index in [4.69, 9.17) is 9.84 Å². The Kier molecular flexibility index (Phi) is 8.57. The molecule has 0 amide bonds. The van der Waals surface area contributed by atoms with Gasteiger partial charge in [-0.1, -0.05) is 72.0 Å². The van der Waals surface area contributed by atoms with E-state index in [0.29, 0.717) is 19.8 Å². The minimum absolute atomic E-state index is 0.124. The van der Waals surface area contributed by atoms with Crippen LogP contribution in [0.25, 0.3) is 0 Å². The molecule has 1 atom stereocenters. The van der Waals surface area contributed by atoms with E-state index in [1.54, 1.807) is 0 Å². The van der Waals surface area contributed by atoms with E-state index in [2.05, 4.69) is 60.1 Å². The zero-order valence-corrected chi connectivity index (χ0v) is 16.0. The number of aliphatic carboxylic acids is 1. The number of hydrogen-bond acceptors (Lipinski definition) is 3. The number of aryl methyl sites for hydroxylation is 1. The summed E-state index contributed by atoms with van der Waals surface area (Å²) in [5.74, 6) is 4.74. The number of nitrogens with zero attached hydrogens (tertiary/aromatic N) is 1. The SMILES string of the molecule is Cc1ccc(CC(COCc2ccccc2)N(C)CC#CCC(=O)O)cc1. The highest BCUT2D eigenvalue weighted by molar-refractivity contribution is 5.69. The van der Waals surface area contributed by atoms with Gasteiger partial charge >= 0.3 is 5.97 Å². The summed E-state index contributed by atoms with van der Waals surface area (Å²) in [6.07, 6.45) is 0.729. The average Bonchev–Trinajstić information content (AvgIpc) is 2.66. The molecule has 0 spiro atoms. The maximum absolute atomic E-state index is 10.6. The molecule has 4 nitrogen and oxygen atoms in total. The largest absolute Gasteiger partial charge is 0.481 e. The quantitative estimate of drug-likeness (QED) is 0.691. The van der Waals surface area contributed by atoms with Crippen LogP contribution in [-0.2, 0) is 22.6 Å². The Morgan fingerprint density at radius 2 is 1.78 bits per heavy atom. The first-order valence-electron chi connectivity index (χ1n) is 9.09. The lowest BCUT2D eigenvalue weighted by Crippen LogP contribution is -2.37. The first-order valence-corrected chi connectivity index (χ1v) is 9.09. The molecule has 1 unspecified atom stereocenters. The van der Waals surface area contributed by atoms with Gasteiger partial charge in [-0.2, -0.15) is 0 Å². The molecular formula is C23H27NO3. The molecule has 0 saturated carbocycles. The van der Waals surface area contributed by atoms with Crippen molar-refractivity contribution in [2.75, 3.05) is 20.2 Å². The van der Waals surface area contributed by atoms with Crippen LogP contribution in [0.15, 0.2) is 54.6 Å². The molecule has 1 N–H and O–H groups in total. The van der Waals surface area contributed by atoms with Gasteiger partial charge in [-0.05, 0) is 31.5 Å². The van der Waals surface area contributed by atoms with Crippen LogP contribution < -0.4 is 0 Å². The maximum Gasteiger partial charge on any atom is 0.315 e. The predicted octanol–water partition coefficient (Wildman–Crippen LogP) is 3.53. The fraction of sp³-hybridized carbons (Fsp3) is 0.348. The van der Waals surface area contributed by atoms with E-state index in [-0.39, 0.29) is 12.5 Å². The Bertz CT molecular complexity index is 760. The first kappa shape index (κ1) is 20.7. The van der Waals surface area contributed by atoms with Gasteiger partial charge in [0.1, 0.15) is 6.42 Å². The van der Waals surface area contributed by atoms with Gasteiger partial charge in [-0.15, -0.1) is 0 Å². The lowest BCUT2D eigenvalue weighted by Gasteiger charge is -2.26. The Morgan fingerprint density at radius 1 is 1.07 bits per heavy atom. The average molecular weight is 365 g/mol. The molecule has 4 heteroatoms. The zero-order valence-electron chi connectivity index (χ0n) is 16.0. The molecule has 142 valence electrons. The number of benzene rings is 2. The Balaban J connectivity index is 1.96. The van der Waals surface area contributed by atoms with E-state index in [0.717, 1.165) is 12.0 Å². The highest BCUT2D eigenvalue weighted by atomic mass is 16.5. The molecule has 0 aliphatic rings. The molecule has 27 heavy (non-hydrogen) atoms. The minimum Gasteiger partial charge on any atom is -0.481 e. The van der Waals surface area contributed by atoms with Crippen LogP contribution in [0.1, 0.15) is 23.1 Å². The van der Waals surface area contributed by atoms with E-state index in [9.17, 15) is 4.79 Å². The molecular weight excluding hydrogens is 338 g/mol. The molecule has 0 bridgehead atoms. The third-order valence-corrected chi connectivity index (χ3v) is 4.33. The van der Waals surface area contributed by atoms with Crippen LogP contribution in [0.3, 0.4) is 0 Å². The van der Waals surface area contributed by atoms with E-state index in [1.807, 2.05) is 25.2 Å². The lowest BCUT2D eigenvalue weighted by molar-refractivity contribution is -0.135. The third-order valence-electron chi connectivity index (χ3n) is 4.33. The predicted molar refractivity (Wildman–Crippen MR) is 107 cm³/mol. The summed E-state index contributed by atoms with van der Waals surface area (Å²) in [5, 5.41) is 8.69. The molecule has 0 heterocycles. The first-order chi connectivity index (χ1) is 13.0. The summed E-state index contributed by atoms with van der Waals surface area (Å²) in [7, 11) is 2.00. The van der Waals surface area contributed by atoms with Crippen LogP contribution in [0.4, 0.5) is 0 Å². The van der Waals surface area contributed by atoms with Gasteiger partial charge in [0.15, 0.2) is 0 Å². The summed E-state index contributed by atoms with van der Waals surface area (Å²) in [4.78, 5) is 12.7. The van der Waals surface area contributed by atoms with E-state index >= 15 is 0 Å². The number of carboxylic acid groups (broad SMARTS) is 1. The molecule has 2 aromatic rings. The van der Waals surface area contributed by atoms with Crippen LogP contribution in [0, 0.1) is 18.8 Å². The fourth-order valence-corrected chi connectivity index (χ4v) is 2.67. The second-order valence-corrected chi connectivity index (χ2v) is 6.68. The van der Waals surface area contributed by atoms with Crippen molar-refractivity contribution in [3.05, 3.63) is 71.3 Å². The van der Waals surface area contributed by atoms with Gasteiger partial charge in [-0.3, -0.25) is 9.69 Å². The zero-order chi connectivity index (χ0) is 19.5. The standard InChI is InChI=1S/C23H27NO3/c1-19-11-13-20(14-12-19)16-22(24(2)15-7-6-10-23(25)26)18-27-17-21-8-4-3-5-9-21/h3-5,8-9,11-14,22H,10,15-18H2,1-2H3,(H,25,26). The van der Waals surface area contributed by atoms with Gasteiger partial charge in [0.25, 0.3) is 0 Å². The van der Waals surface area contributed by atoms with Crippen molar-refractivity contribution in [2.45, 2.75) is 32.4 Å². The molecule has 0 aliphatic heterocycles. The number of carbonyl (C=O) groups is 1. The van der Waals surface area contributed by atoms with Crippen molar-refractivity contribution in [1.82, 2.24) is 4.90 Å². The van der Waals surface area contributed by atoms with Gasteiger partial charge in [-0.25, -0.2) is 0 Å². The van der Waals surface area contributed by atoms with Crippen LogP contribution in [0.5, 0.6) is 0 Å². The van der Waals surface area contributed by atoms with E-state index in [1.165, 1.54) is 11.1 Å². The van der Waals surface area contributed by atoms with E-state index < -0.39 is 5.97 Å². The monoisotopic (exact) mass is 365 g/mol. The number of ether oxygens (including phenoxy) is 1. The summed E-state index contributed by atoms with van der Waals surface area (Å²) in [6.45, 7) is 3.75. The molecule has 2 rings (SSSR count). The number of carboxylic acids is 1. The number of likely N-dealkylation sites (N-methyl/N-ethyl adjacent to an activating group) is 1. The minimum atomic E-state index is -0.896.